The number of imide groups is 1. The Kier molecular flexibility index (Phi) is 4.27. The topological polar surface area (TPSA) is 72.9 Å². The summed E-state index contributed by atoms with van der Waals surface area (Å²) in [6, 6.07) is 2.57. The van der Waals surface area contributed by atoms with Gasteiger partial charge in [-0.3, -0.25) is 9.69 Å². The van der Waals surface area contributed by atoms with E-state index >= 15 is 0 Å². The number of rotatable bonds is 3. The molecule has 1 aromatic rings. The average molecular weight is 339 g/mol. The Morgan fingerprint density at radius 2 is 1.96 bits per heavy atom. The molecule has 1 unspecified atom stereocenters. The molecule has 0 aliphatic carbocycles. The molecule has 3 rings (SSSR count). The number of hydrogen-bond acceptors (Lipinski definition) is 4. The number of likely N-dealkylation sites (tertiary alicyclic amines) is 1. The lowest BCUT2D eigenvalue weighted by molar-refractivity contribution is -0.132. The van der Waals surface area contributed by atoms with Gasteiger partial charge in [0, 0.05) is 32.2 Å². The number of hydrogen-bond donors (Lipinski definition) is 2. The van der Waals surface area contributed by atoms with Crippen molar-refractivity contribution in [2.24, 2.45) is 0 Å². The molecule has 2 aliphatic rings. The standard InChI is InChI=1S/C16H19F2N3O3/c1-20-14(23)16(19-15(20)24)4-6-21(7-5-16)9-13(22)11-8-10(17)2-3-12(11)18/h2-3,8,13,22H,4-7,9H2,1H3,(H,19,24). The van der Waals surface area contributed by atoms with E-state index in [1.807, 2.05) is 4.90 Å². The van der Waals surface area contributed by atoms with E-state index in [0.717, 1.165) is 23.1 Å². The molecule has 2 fully saturated rings. The van der Waals surface area contributed by atoms with Gasteiger partial charge in [-0.15, -0.1) is 0 Å². The van der Waals surface area contributed by atoms with Gasteiger partial charge in [-0.2, -0.15) is 0 Å². The van der Waals surface area contributed by atoms with E-state index in [-0.39, 0.29) is 18.0 Å². The molecule has 3 amide bonds. The summed E-state index contributed by atoms with van der Waals surface area (Å²) >= 11 is 0. The first-order valence-corrected chi connectivity index (χ1v) is 7.78. The maximum atomic E-state index is 13.7. The summed E-state index contributed by atoms with van der Waals surface area (Å²) in [5.41, 5.74) is -0.961. The molecule has 1 aromatic carbocycles. The Hall–Kier alpha value is -2.06. The fraction of sp³-hybridized carbons (Fsp3) is 0.500. The summed E-state index contributed by atoms with van der Waals surface area (Å²) in [5, 5.41) is 12.9. The first-order chi connectivity index (χ1) is 11.3. The van der Waals surface area contributed by atoms with Gasteiger partial charge in [-0.05, 0) is 31.0 Å². The van der Waals surface area contributed by atoms with Crippen LogP contribution in [0.25, 0.3) is 0 Å². The minimum Gasteiger partial charge on any atom is -0.387 e. The lowest BCUT2D eigenvalue weighted by Gasteiger charge is -2.37. The molecule has 130 valence electrons. The van der Waals surface area contributed by atoms with E-state index in [9.17, 15) is 23.5 Å². The smallest absolute Gasteiger partial charge is 0.324 e. The summed E-state index contributed by atoms with van der Waals surface area (Å²) < 4.78 is 26.9. The average Bonchev–Trinajstić information content (AvgIpc) is 2.76. The molecule has 0 aromatic heterocycles. The van der Waals surface area contributed by atoms with Crippen LogP contribution in [-0.2, 0) is 4.79 Å². The SMILES string of the molecule is CN1C(=O)NC2(CCN(CC(O)c3cc(F)ccc3F)CC2)C1=O. The van der Waals surface area contributed by atoms with Crippen molar-refractivity contribution in [3.8, 4) is 0 Å². The number of carbonyl (C=O) groups is 2. The summed E-state index contributed by atoms with van der Waals surface area (Å²) in [4.78, 5) is 26.8. The van der Waals surface area contributed by atoms with Crippen LogP contribution in [0, 0.1) is 11.6 Å². The lowest BCUT2D eigenvalue weighted by atomic mass is 9.87. The zero-order chi connectivity index (χ0) is 17.5. The molecule has 0 saturated carbocycles. The van der Waals surface area contributed by atoms with Gasteiger partial charge in [-0.25, -0.2) is 13.6 Å². The number of nitrogens with zero attached hydrogens (tertiary/aromatic N) is 2. The van der Waals surface area contributed by atoms with Crippen molar-refractivity contribution in [3.05, 3.63) is 35.4 Å². The number of β-amino-alcohol motifs (C(OH)–C–C–N with tert-alkyl or cyclic N) is 1. The molecular formula is C16H19F2N3O3. The van der Waals surface area contributed by atoms with Gasteiger partial charge in [0.15, 0.2) is 0 Å². The summed E-state index contributed by atoms with van der Waals surface area (Å²) in [7, 11) is 1.44. The second-order valence-corrected chi connectivity index (χ2v) is 6.36. The zero-order valence-corrected chi connectivity index (χ0v) is 13.3. The summed E-state index contributed by atoms with van der Waals surface area (Å²) in [6.07, 6.45) is -0.327. The molecule has 2 saturated heterocycles. The zero-order valence-electron chi connectivity index (χ0n) is 13.3. The first kappa shape index (κ1) is 16.8. The number of benzene rings is 1. The quantitative estimate of drug-likeness (QED) is 0.807. The number of aliphatic hydroxyl groups is 1. The van der Waals surface area contributed by atoms with Gasteiger partial charge < -0.3 is 15.3 Å². The minimum atomic E-state index is -1.16. The van der Waals surface area contributed by atoms with Crippen molar-refractivity contribution in [2.75, 3.05) is 26.7 Å². The van der Waals surface area contributed by atoms with Gasteiger partial charge in [-0.1, -0.05) is 0 Å². The summed E-state index contributed by atoms with van der Waals surface area (Å²) in [6.45, 7) is 1.07. The van der Waals surface area contributed by atoms with Crippen LogP contribution in [-0.4, -0.2) is 59.1 Å². The van der Waals surface area contributed by atoms with Gasteiger partial charge in [0.25, 0.3) is 5.91 Å². The largest absolute Gasteiger partial charge is 0.387 e. The van der Waals surface area contributed by atoms with Crippen LogP contribution in [0.2, 0.25) is 0 Å². The van der Waals surface area contributed by atoms with Gasteiger partial charge in [0.05, 0.1) is 6.10 Å². The molecule has 2 heterocycles. The van der Waals surface area contributed by atoms with Gasteiger partial charge in [0.1, 0.15) is 17.2 Å². The van der Waals surface area contributed by atoms with Crippen LogP contribution in [0.1, 0.15) is 24.5 Å². The molecular weight excluding hydrogens is 320 g/mol. The third-order valence-electron chi connectivity index (χ3n) is 4.82. The normalized spacial score (nSPS) is 22.1. The number of urea groups is 1. The maximum absolute atomic E-state index is 13.7. The monoisotopic (exact) mass is 339 g/mol. The third kappa shape index (κ3) is 2.87. The Labute approximate surface area is 138 Å². The number of nitrogens with one attached hydrogen (secondary N) is 1. The number of likely N-dealkylation sites (N-methyl/N-ethyl adjacent to an activating group) is 1. The first-order valence-electron chi connectivity index (χ1n) is 7.78. The van der Waals surface area contributed by atoms with E-state index in [1.165, 1.54) is 7.05 Å². The molecule has 0 bridgehead atoms. The fourth-order valence-electron chi connectivity index (χ4n) is 3.32. The van der Waals surface area contributed by atoms with Crippen molar-refractivity contribution in [1.29, 1.82) is 0 Å². The van der Waals surface area contributed by atoms with Crippen LogP contribution >= 0.6 is 0 Å². The van der Waals surface area contributed by atoms with E-state index in [2.05, 4.69) is 5.32 Å². The molecule has 2 aliphatic heterocycles. The number of carbonyl (C=O) groups excluding carboxylic acids is 2. The molecule has 0 radical (unpaired) electrons. The van der Waals surface area contributed by atoms with Crippen LogP contribution in [0.15, 0.2) is 18.2 Å². The maximum Gasteiger partial charge on any atom is 0.324 e. The Balaban J connectivity index is 1.62. The molecule has 8 heteroatoms. The molecule has 1 spiro atoms. The van der Waals surface area contributed by atoms with E-state index in [1.54, 1.807) is 0 Å². The van der Waals surface area contributed by atoms with Crippen molar-refractivity contribution >= 4 is 11.9 Å². The number of piperidine rings is 1. The Morgan fingerprint density at radius 1 is 1.29 bits per heavy atom. The van der Waals surface area contributed by atoms with Crippen LogP contribution in [0.3, 0.4) is 0 Å². The molecule has 1 atom stereocenters. The van der Waals surface area contributed by atoms with E-state index in [0.29, 0.717) is 25.9 Å². The van der Waals surface area contributed by atoms with Crippen molar-refractivity contribution < 1.29 is 23.5 Å². The highest BCUT2D eigenvalue weighted by Crippen LogP contribution is 2.30. The number of amides is 3. The van der Waals surface area contributed by atoms with Crippen molar-refractivity contribution in [1.82, 2.24) is 15.1 Å². The molecule has 6 nitrogen and oxygen atoms in total. The van der Waals surface area contributed by atoms with E-state index < -0.39 is 29.3 Å². The molecule has 2 N–H and O–H groups in total. The van der Waals surface area contributed by atoms with Gasteiger partial charge >= 0.3 is 6.03 Å². The Morgan fingerprint density at radius 3 is 2.54 bits per heavy atom. The summed E-state index contributed by atoms with van der Waals surface area (Å²) in [5.74, 6) is -1.51. The highest BCUT2D eigenvalue weighted by atomic mass is 19.1. The van der Waals surface area contributed by atoms with Crippen LogP contribution in [0.5, 0.6) is 0 Å². The van der Waals surface area contributed by atoms with Crippen molar-refractivity contribution in [3.63, 3.8) is 0 Å². The van der Waals surface area contributed by atoms with Crippen LogP contribution in [0.4, 0.5) is 13.6 Å². The molecule has 24 heavy (non-hydrogen) atoms. The van der Waals surface area contributed by atoms with Crippen molar-refractivity contribution in [2.45, 2.75) is 24.5 Å². The number of aliphatic hydroxyl groups excluding tert-OH is 1. The van der Waals surface area contributed by atoms with Crippen LogP contribution < -0.4 is 5.32 Å². The second-order valence-electron chi connectivity index (χ2n) is 6.36. The van der Waals surface area contributed by atoms with E-state index in [4.69, 9.17) is 0 Å². The predicted molar refractivity (Wildman–Crippen MR) is 81.0 cm³/mol. The minimum absolute atomic E-state index is 0.0831. The lowest BCUT2D eigenvalue weighted by Crippen LogP contribution is -2.55. The fourth-order valence-corrected chi connectivity index (χ4v) is 3.32. The number of halogens is 2. The third-order valence-corrected chi connectivity index (χ3v) is 4.82. The highest BCUT2D eigenvalue weighted by Gasteiger charge is 2.50. The highest BCUT2D eigenvalue weighted by molar-refractivity contribution is 6.06. The van der Waals surface area contributed by atoms with Gasteiger partial charge in [0.2, 0.25) is 0 Å². The Bertz CT molecular complexity index is 675. The predicted octanol–water partition coefficient (Wildman–Crippen LogP) is 1.01. The second kappa shape index (κ2) is 6.10.